The number of benzene rings is 2. The van der Waals surface area contributed by atoms with Gasteiger partial charge in [-0.15, -0.1) is 0 Å². The Labute approximate surface area is 250 Å². The maximum absolute atomic E-state index is 14.6. The molecule has 2 aromatic heterocycles. The van der Waals surface area contributed by atoms with Gasteiger partial charge in [0, 0.05) is 37.2 Å². The molecule has 5 rings (SSSR count). The summed E-state index contributed by atoms with van der Waals surface area (Å²) in [5.74, 6) is 0.0322. The second-order valence-electron chi connectivity index (χ2n) is 12.1. The van der Waals surface area contributed by atoms with Gasteiger partial charge in [0.2, 0.25) is 0 Å². The lowest BCUT2D eigenvalue weighted by Gasteiger charge is -2.34. The van der Waals surface area contributed by atoms with Gasteiger partial charge in [-0.1, -0.05) is 12.1 Å². The fraction of sp³-hybridized carbons (Fsp3) is 0.387. The number of carbonyl (C=O) groups is 1. The molecule has 1 unspecified atom stereocenters. The number of hydrogen-bond donors (Lipinski definition) is 0. The Bertz CT molecular complexity index is 1860. The first-order valence-corrected chi connectivity index (χ1v) is 16.1. The summed E-state index contributed by atoms with van der Waals surface area (Å²) in [5.41, 5.74) is 2.99. The van der Waals surface area contributed by atoms with Gasteiger partial charge in [0.05, 0.1) is 28.9 Å². The molecule has 1 amide bonds. The van der Waals surface area contributed by atoms with Crippen molar-refractivity contribution in [2.75, 3.05) is 12.8 Å². The minimum atomic E-state index is -3.21. The summed E-state index contributed by atoms with van der Waals surface area (Å²) >= 11 is 0. The van der Waals surface area contributed by atoms with Crippen molar-refractivity contribution in [3.63, 3.8) is 0 Å². The highest BCUT2D eigenvalue weighted by Crippen LogP contribution is 2.36. The van der Waals surface area contributed by atoms with Crippen LogP contribution in [0.2, 0.25) is 0 Å². The van der Waals surface area contributed by atoms with Crippen molar-refractivity contribution in [3.05, 3.63) is 93.0 Å². The number of sulfone groups is 1. The van der Waals surface area contributed by atoms with Crippen molar-refractivity contribution in [3.8, 4) is 17.2 Å². The number of aromatic nitrogens is 4. The number of aryl methyl sites for hydroxylation is 2. The van der Waals surface area contributed by atoms with Gasteiger partial charge >= 0.3 is 11.8 Å². The Balaban J connectivity index is 1.66. The van der Waals surface area contributed by atoms with Crippen LogP contribution in [0, 0.1) is 19.7 Å². The van der Waals surface area contributed by atoms with E-state index in [1.54, 1.807) is 72.2 Å². The molecule has 4 aromatic rings. The molecule has 228 valence electrons. The van der Waals surface area contributed by atoms with Gasteiger partial charge in [-0.05, 0) is 82.5 Å². The van der Waals surface area contributed by atoms with Gasteiger partial charge in [-0.2, -0.15) is 5.10 Å². The molecule has 2 aromatic carbocycles. The number of nitrogens with zero attached hydrogens (tertiary/aromatic N) is 5. The molecule has 12 heteroatoms. The maximum atomic E-state index is 14.6. The van der Waals surface area contributed by atoms with Gasteiger partial charge in [0.15, 0.2) is 9.84 Å². The minimum Gasteiger partial charge on any atom is -0.444 e. The molecule has 0 N–H and O–H groups in total. The monoisotopic (exact) mass is 609 g/mol. The van der Waals surface area contributed by atoms with E-state index < -0.39 is 33.3 Å². The normalized spacial score (nSPS) is 15.4. The van der Waals surface area contributed by atoms with Gasteiger partial charge in [0.1, 0.15) is 17.2 Å². The Morgan fingerprint density at radius 3 is 2.23 bits per heavy atom. The highest BCUT2D eigenvalue weighted by Gasteiger charge is 2.37. The smallest absolute Gasteiger partial charge is 0.410 e. The number of hydrogen-bond acceptors (Lipinski definition) is 6. The third-order valence-corrected chi connectivity index (χ3v) is 8.25. The number of amides is 1. The molecular weight excluding hydrogens is 573 g/mol. The lowest BCUT2D eigenvalue weighted by molar-refractivity contribution is 0.0159. The van der Waals surface area contributed by atoms with Crippen molar-refractivity contribution >= 4 is 15.9 Å². The van der Waals surface area contributed by atoms with Gasteiger partial charge < -0.3 is 9.64 Å². The minimum absolute atomic E-state index is 0.100. The number of rotatable bonds is 5. The molecule has 43 heavy (non-hydrogen) atoms. The number of halogens is 1. The molecule has 0 saturated heterocycles. The standard InChI is InChI=1S/C31H36FN5O5S/c1-19-16-24(17-20(2)27(19)32)37-28(26-21(3)34(13-12-25(26)33-37)30(39)42-31(4,5)6)36-15-14-35(29(36)38)23-10-8-22(9-11-23)18-43(7,40)41/h8-11,14-17,21H,12-13,18H2,1-7H3. The summed E-state index contributed by atoms with van der Waals surface area (Å²) in [7, 11) is -3.21. The SMILES string of the molecule is Cc1cc(-n2nc3c(c2-n2ccn(-c4ccc(CS(C)(=O)=O)cc4)c2=O)C(C)N(C(=O)OC(C)(C)C)CC3)cc(C)c1F. The lowest BCUT2D eigenvalue weighted by Crippen LogP contribution is -2.42. The van der Waals surface area contributed by atoms with Crippen LogP contribution in [0.15, 0.2) is 53.6 Å². The number of imidazole rings is 1. The number of fused-ring (bicyclic) bond motifs is 1. The summed E-state index contributed by atoms with van der Waals surface area (Å²) in [5, 5.41) is 4.89. The second-order valence-corrected chi connectivity index (χ2v) is 14.3. The quantitative estimate of drug-likeness (QED) is 0.316. The summed E-state index contributed by atoms with van der Waals surface area (Å²) in [6.07, 6.45) is 4.40. The van der Waals surface area contributed by atoms with E-state index in [4.69, 9.17) is 9.84 Å². The number of carbonyl (C=O) groups excluding carboxylic acids is 1. The van der Waals surface area contributed by atoms with Crippen LogP contribution in [0.4, 0.5) is 9.18 Å². The van der Waals surface area contributed by atoms with Crippen LogP contribution in [0.5, 0.6) is 0 Å². The molecule has 0 radical (unpaired) electrons. The van der Waals surface area contributed by atoms with Gasteiger partial charge in [-0.3, -0.25) is 9.13 Å². The molecule has 10 nitrogen and oxygen atoms in total. The fourth-order valence-electron chi connectivity index (χ4n) is 5.47. The van der Waals surface area contributed by atoms with Crippen molar-refractivity contribution in [1.29, 1.82) is 0 Å². The van der Waals surface area contributed by atoms with Crippen LogP contribution in [0.25, 0.3) is 17.2 Å². The first-order chi connectivity index (χ1) is 20.0. The van der Waals surface area contributed by atoms with Gasteiger partial charge in [-0.25, -0.2) is 27.1 Å². The van der Waals surface area contributed by atoms with E-state index >= 15 is 0 Å². The molecule has 0 spiro atoms. The highest BCUT2D eigenvalue weighted by molar-refractivity contribution is 7.89. The third kappa shape index (κ3) is 6.01. The van der Waals surface area contributed by atoms with E-state index in [1.165, 1.54) is 15.4 Å². The van der Waals surface area contributed by atoms with Crippen LogP contribution in [0.1, 0.15) is 61.7 Å². The highest BCUT2D eigenvalue weighted by atomic mass is 32.2. The maximum Gasteiger partial charge on any atom is 0.410 e. The molecule has 0 saturated carbocycles. The van der Waals surface area contributed by atoms with Crippen molar-refractivity contribution in [2.24, 2.45) is 0 Å². The van der Waals surface area contributed by atoms with Crippen LogP contribution >= 0.6 is 0 Å². The van der Waals surface area contributed by atoms with Crippen molar-refractivity contribution in [2.45, 2.75) is 65.4 Å². The first-order valence-electron chi connectivity index (χ1n) is 14.0. The molecule has 3 heterocycles. The van der Waals surface area contributed by atoms with E-state index in [1.807, 2.05) is 27.7 Å². The third-order valence-electron chi connectivity index (χ3n) is 7.39. The van der Waals surface area contributed by atoms with Gasteiger partial charge in [0.25, 0.3) is 0 Å². The van der Waals surface area contributed by atoms with E-state index in [-0.39, 0.29) is 11.6 Å². The Kier molecular flexibility index (Phi) is 7.62. The zero-order chi connectivity index (χ0) is 31.4. The van der Waals surface area contributed by atoms with Crippen LogP contribution in [-0.2, 0) is 26.7 Å². The predicted octanol–water partition coefficient (Wildman–Crippen LogP) is 4.97. The second kappa shape index (κ2) is 10.8. The topological polar surface area (TPSA) is 108 Å². The van der Waals surface area contributed by atoms with Crippen LogP contribution in [-0.4, -0.2) is 56.7 Å². The summed E-state index contributed by atoms with van der Waals surface area (Å²) in [6, 6.07) is 9.63. The summed E-state index contributed by atoms with van der Waals surface area (Å²) < 4.78 is 48.3. The van der Waals surface area contributed by atoms with Crippen molar-refractivity contribution < 1.29 is 22.3 Å². The molecule has 1 aliphatic rings. The van der Waals surface area contributed by atoms with E-state index in [2.05, 4.69) is 0 Å². The van der Waals surface area contributed by atoms with Crippen molar-refractivity contribution in [1.82, 2.24) is 23.8 Å². The summed E-state index contributed by atoms with van der Waals surface area (Å²) in [6.45, 7) is 11.0. The average Bonchev–Trinajstić information content (AvgIpc) is 3.46. The predicted molar refractivity (Wildman–Crippen MR) is 162 cm³/mol. The van der Waals surface area contributed by atoms with Crippen LogP contribution in [0.3, 0.4) is 0 Å². The van der Waals surface area contributed by atoms with Crippen LogP contribution < -0.4 is 5.69 Å². The van der Waals surface area contributed by atoms with E-state index in [0.29, 0.717) is 52.4 Å². The van der Waals surface area contributed by atoms with E-state index in [9.17, 15) is 22.4 Å². The Morgan fingerprint density at radius 2 is 1.65 bits per heavy atom. The zero-order valence-electron chi connectivity index (χ0n) is 25.4. The lowest BCUT2D eigenvalue weighted by atomic mass is 10.00. The molecule has 0 fully saturated rings. The molecule has 0 aliphatic carbocycles. The van der Waals surface area contributed by atoms with E-state index in [0.717, 1.165) is 5.69 Å². The average molecular weight is 610 g/mol. The fourth-order valence-corrected chi connectivity index (χ4v) is 6.27. The molecule has 1 aliphatic heterocycles. The molecular formula is C31H36FN5O5S. The molecule has 0 bridgehead atoms. The Hall–Kier alpha value is -4.19. The Morgan fingerprint density at radius 1 is 1.05 bits per heavy atom. The number of ether oxygens (including phenoxy) is 1. The zero-order valence-corrected chi connectivity index (χ0v) is 26.2. The summed E-state index contributed by atoms with van der Waals surface area (Å²) in [4.78, 5) is 28.8. The molecule has 1 atom stereocenters. The largest absolute Gasteiger partial charge is 0.444 e. The first kappa shape index (κ1) is 30.3.